The molecule has 2 aromatic rings. The Balaban J connectivity index is 1.74. The van der Waals surface area contributed by atoms with Crippen LogP contribution in [0.1, 0.15) is 45.2 Å². The summed E-state index contributed by atoms with van der Waals surface area (Å²) >= 11 is 0. The molecular weight excluding hydrogens is 318 g/mol. The summed E-state index contributed by atoms with van der Waals surface area (Å²) in [6.07, 6.45) is 8.91. The SMILES string of the molecule is Cn1cc(-c2cncc([C@H]3CCCN(C(=O)OC(C)(C)C)C3)n2)cn1. The van der Waals surface area contributed by atoms with E-state index in [4.69, 9.17) is 9.72 Å². The fourth-order valence-electron chi connectivity index (χ4n) is 2.98. The number of carbonyl (C=O) groups excluding carboxylic acids is 1. The molecule has 2 aromatic heterocycles. The third-order valence-electron chi connectivity index (χ3n) is 4.15. The van der Waals surface area contributed by atoms with Crippen LogP contribution in [0.5, 0.6) is 0 Å². The first-order valence-corrected chi connectivity index (χ1v) is 8.61. The number of carbonyl (C=O) groups is 1. The van der Waals surface area contributed by atoms with Crippen LogP contribution < -0.4 is 0 Å². The molecule has 1 fully saturated rings. The Kier molecular flexibility index (Phi) is 4.74. The van der Waals surface area contributed by atoms with Crippen molar-refractivity contribution in [2.75, 3.05) is 13.1 Å². The maximum absolute atomic E-state index is 12.3. The smallest absolute Gasteiger partial charge is 0.410 e. The summed E-state index contributed by atoms with van der Waals surface area (Å²) in [6, 6.07) is 0. The molecule has 134 valence electrons. The molecule has 0 radical (unpaired) electrons. The number of aromatic nitrogens is 4. The number of piperidine rings is 1. The van der Waals surface area contributed by atoms with Crippen molar-refractivity contribution in [3.05, 3.63) is 30.5 Å². The van der Waals surface area contributed by atoms with E-state index in [0.29, 0.717) is 6.54 Å². The molecule has 1 aliphatic heterocycles. The number of hydrogen-bond donors (Lipinski definition) is 0. The second kappa shape index (κ2) is 6.82. The van der Waals surface area contributed by atoms with E-state index in [2.05, 4.69) is 10.1 Å². The van der Waals surface area contributed by atoms with Gasteiger partial charge in [0.15, 0.2) is 0 Å². The van der Waals surface area contributed by atoms with Crippen LogP contribution in [0.2, 0.25) is 0 Å². The van der Waals surface area contributed by atoms with Crippen molar-refractivity contribution in [2.45, 2.75) is 45.1 Å². The van der Waals surface area contributed by atoms with Gasteiger partial charge in [0.2, 0.25) is 0 Å². The molecule has 1 atom stereocenters. The molecule has 3 heterocycles. The summed E-state index contributed by atoms with van der Waals surface area (Å²) in [7, 11) is 1.88. The summed E-state index contributed by atoms with van der Waals surface area (Å²) in [6.45, 7) is 6.99. The Morgan fingerprint density at radius 2 is 2.08 bits per heavy atom. The Labute approximate surface area is 148 Å². The summed E-state index contributed by atoms with van der Waals surface area (Å²) in [5, 5.41) is 4.18. The molecule has 1 aliphatic rings. The second-order valence-corrected chi connectivity index (χ2v) is 7.50. The van der Waals surface area contributed by atoms with Gasteiger partial charge in [-0.15, -0.1) is 0 Å². The summed E-state index contributed by atoms with van der Waals surface area (Å²) < 4.78 is 7.24. The van der Waals surface area contributed by atoms with Crippen LogP contribution in [0.4, 0.5) is 4.79 Å². The van der Waals surface area contributed by atoms with Crippen molar-refractivity contribution in [1.29, 1.82) is 0 Å². The summed E-state index contributed by atoms with van der Waals surface area (Å²) in [4.78, 5) is 23.2. The normalized spacial score (nSPS) is 18.2. The van der Waals surface area contributed by atoms with Crippen LogP contribution in [0.25, 0.3) is 11.3 Å². The standard InChI is InChI=1S/C18H25N5O2/c1-18(2,3)25-17(24)23-7-5-6-13(12-23)15-9-19-10-16(21-15)14-8-20-22(4)11-14/h8-11,13H,5-7,12H2,1-4H3/t13-/m0/s1. The van der Waals surface area contributed by atoms with E-state index in [1.807, 2.05) is 34.0 Å². The average molecular weight is 343 g/mol. The highest BCUT2D eigenvalue weighted by molar-refractivity contribution is 5.68. The Morgan fingerprint density at radius 1 is 1.28 bits per heavy atom. The van der Waals surface area contributed by atoms with E-state index in [0.717, 1.165) is 36.3 Å². The van der Waals surface area contributed by atoms with E-state index in [1.54, 1.807) is 28.2 Å². The van der Waals surface area contributed by atoms with E-state index < -0.39 is 5.60 Å². The van der Waals surface area contributed by atoms with Crippen LogP contribution in [0, 0.1) is 0 Å². The zero-order valence-electron chi connectivity index (χ0n) is 15.3. The van der Waals surface area contributed by atoms with Crippen LogP contribution in [0.15, 0.2) is 24.8 Å². The summed E-state index contributed by atoms with van der Waals surface area (Å²) in [5.41, 5.74) is 2.18. The van der Waals surface area contributed by atoms with Gasteiger partial charge < -0.3 is 9.64 Å². The van der Waals surface area contributed by atoms with E-state index in [-0.39, 0.29) is 12.0 Å². The van der Waals surface area contributed by atoms with E-state index in [1.165, 1.54) is 0 Å². The monoisotopic (exact) mass is 343 g/mol. The number of rotatable bonds is 2. The van der Waals surface area contributed by atoms with Gasteiger partial charge >= 0.3 is 6.09 Å². The largest absolute Gasteiger partial charge is 0.444 e. The molecule has 0 saturated carbocycles. The lowest BCUT2D eigenvalue weighted by molar-refractivity contribution is 0.0197. The van der Waals surface area contributed by atoms with Crippen molar-refractivity contribution in [1.82, 2.24) is 24.6 Å². The second-order valence-electron chi connectivity index (χ2n) is 7.50. The lowest BCUT2D eigenvalue weighted by Gasteiger charge is -2.33. The molecule has 7 nitrogen and oxygen atoms in total. The van der Waals surface area contributed by atoms with Gasteiger partial charge in [-0.3, -0.25) is 9.67 Å². The van der Waals surface area contributed by atoms with E-state index in [9.17, 15) is 4.79 Å². The molecule has 1 saturated heterocycles. The highest BCUT2D eigenvalue weighted by Crippen LogP contribution is 2.27. The average Bonchev–Trinajstić information content (AvgIpc) is 3.00. The molecule has 0 spiro atoms. The van der Waals surface area contributed by atoms with Crippen molar-refractivity contribution in [2.24, 2.45) is 7.05 Å². The Morgan fingerprint density at radius 3 is 2.76 bits per heavy atom. The van der Waals surface area contributed by atoms with Crippen molar-refractivity contribution >= 4 is 6.09 Å². The fourth-order valence-corrected chi connectivity index (χ4v) is 2.98. The van der Waals surface area contributed by atoms with Gasteiger partial charge in [-0.2, -0.15) is 5.10 Å². The molecule has 0 bridgehead atoms. The first-order valence-electron chi connectivity index (χ1n) is 8.61. The number of nitrogens with zero attached hydrogens (tertiary/aromatic N) is 5. The molecule has 25 heavy (non-hydrogen) atoms. The lowest BCUT2D eigenvalue weighted by Crippen LogP contribution is -2.42. The predicted molar refractivity (Wildman–Crippen MR) is 94.0 cm³/mol. The third-order valence-corrected chi connectivity index (χ3v) is 4.15. The predicted octanol–water partition coefficient (Wildman–Crippen LogP) is 2.99. The minimum Gasteiger partial charge on any atom is -0.444 e. The Bertz CT molecular complexity index is 750. The number of amides is 1. The topological polar surface area (TPSA) is 73.1 Å². The molecule has 1 amide bonds. The van der Waals surface area contributed by atoms with Crippen LogP contribution in [0.3, 0.4) is 0 Å². The quantitative estimate of drug-likeness (QED) is 0.838. The number of hydrogen-bond acceptors (Lipinski definition) is 5. The van der Waals surface area contributed by atoms with Crippen LogP contribution in [-0.2, 0) is 11.8 Å². The van der Waals surface area contributed by atoms with E-state index >= 15 is 0 Å². The van der Waals surface area contributed by atoms with Gasteiger partial charge in [0.1, 0.15) is 5.60 Å². The maximum Gasteiger partial charge on any atom is 0.410 e. The first-order chi connectivity index (χ1) is 11.8. The van der Waals surface area contributed by atoms with Gasteiger partial charge in [0.25, 0.3) is 0 Å². The minimum absolute atomic E-state index is 0.172. The van der Waals surface area contributed by atoms with Crippen molar-refractivity contribution < 1.29 is 9.53 Å². The molecule has 0 unspecified atom stereocenters. The molecule has 0 aliphatic carbocycles. The molecule has 7 heteroatoms. The third kappa shape index (κ3) is 4.35. The van der Waals surface area contributed by atoms with Gasteiger partial charge in [0, 0.05) is 44.0 Å². The van der Waals surface area contributed by atoms with Crippen molar-refractivity contribution in [3.8, 4) is 11.3 Å². The molecular formula is C18H25N5O2. The number of ether oxygens (including phenoxy) is 1. The number of likely N-dealkylation sites (tertiary alicyclic amines) is 1. The molecule has 3 rings (SSSR count). The van der Waals surface area contributed by atoms with Crippen LogP contribution in [-0.4, -0.2) is 49.4 Å². The Hall–Kier alpha value is -2.44. The van der Waals surface area contributed by atoms with Gasteiger partial charge in [-0.05, 0) is 33.6 Å². The highest BCUT2D eigenvalue weighted by Gasteiger charge is 2.29. The van der Waals surface area contributed by atoms with Gasteiger partial charge in [-0.1, -0.05) is 0 Å². The summed E-state index contributed by atoms with van der Waals surface area (Å²) in [5.74, 6) is 0.172. The maximum atomic E-state index is 12.3. The molecule has 0 aromatic carbocycles. The minimum atomic E-state index is -0.482. The fraction of sp³-hybridized carbons (Fsp3) is 0.556. The van der Waals surface area contributed by atoms with Gasteiger partial charge in [0.05, 0.1) is 23.8 Å². The lowest BCUT2D eigenvalue weighted by atomic mass is 9.95. The first kappa shape index (κ1) is 17.4. The van der Waals surface area contributed by atoms with Crippen LogP contribution >= 0.6 is 0 Å². The molecule has 0 N–H and O–H groups in total. The highest BCUT2D eigenvalue weighted by atomic mass is 16.6. The number of aryl methyl sites for hydroxylation is 1. The zero-order chi connectivity index (χ0) is 18.0. The van der Waals surface area contributed by atoms with Gasteiger partial charge in [-0.25, -0.2) is 9.78 Å². The zero-order valence-corrected chi connectivity index (χ0v) is 15.3. The van der Waals surface area contributed by atoms with Crippen molar-refractivity contribution in [3.63, 3.8) is 0 Å².